The van der Waals surface area contributed by atoms with Crippen LogP contribution in [0.25, 0.3) is 10.2 Å². The van der Waals surface area contributed by atoms with E-state index < -0.39 is 15.9 Å². The number of sulfone groups is 1. The van der Waals surface area contributed by atoms with Crippen LogP contribution in [0, 0.1) is 0 Å². The largest absolute Gasteiger partial charge is 0.365 e. The van der Waals surface area contributed by atoms with Crippen molar-refractivity contribution in [1.29, 1.82) is 0 Å². The quantitative estimate of drug-likeness (QED) is 0.870. The highest BCUT2D eigenvalue weighted by Crippen LogP contribution is 2.33. The van der Waals surface area contributed by atoms with Crippen molar-refractivity contribution in [2.45, 2.75) is 11.0 Å². The van der Waals surface area contributed by atoms with E-state index in [0.29, 0.717) is 30.3 Å². The summed E-state index contributed by atoms with van der Waals surface area (Å²) in [6.45, 7) is 1.43. The van der Waals surface area contributed by atoms with E-state index >= 15 is 0 Å². The molecule has 1 aromatic carbocycles. The highest BCUT2D eigenvalue weighted by Gasteiger charge is 2.28. The molecule has 0 radical (unpaired) electrons. The van der Waals surface area contributed by atoms with E-state index in [4.69, 9.17) is 4.74 Å². The van der Waals surface area contributed by atoms with Gasteiger partial charge in [-0.1, -0.05) is 17.4 Å². The van der Waals surface area contributed by atoms with Gasteiger partial charge in [0.25, 0.3) is 5.91 Å². The van der Waals surface area contributed by atoms with Gasteiger partial charge >= 0.3 is 0 Å². The van der Waals surface area contributed by atoms with Gasteiger partial charge in [-0.25, -0.2) is 13.4 Å². The number of morpholine rings is 1. The number of likely N-dealkylation sites (N-methyl/N-ethyl adjacent to an activating group) is 1. The van der Waals surface area contributed by atoms with Gasteiger partial charge in [0.05, 0.1) is 22.7 Å². The molecule has 3 rings (SSSR count). The maximum absolute atomic E-state index is 11.9. The molecule has 0 aliphatic carbocycles. The van der Waals surface area contributed by atoms with Gasteiger partial charge in [0.2, 0.25) is 0 Å². The van der Waals surface area contributed by atoms with E-state index in [2.05, 4.69) is 10.3 Å². The van der Waals surface area contributed by atoms with Crippen molar-refractivity contribution >= 4 is 42.4 Å². The number of hydrogen-bond acceptors (Lipinski definition) is 7. The van der Waals surface area contributed by atoms with E-state index in [9.17, 15) is 13.2 Å². The Balaban J connectivity index is 1.96. The molecule has 124 valence electrons. The number of para-hydroxylation sites is 1. The van der Waals surface area contributed by atoms with Crippen molar-refractivity contribution in [3.8, 4) is 0 Å². The van der Waals surface area contributed by atoms with Crippen LogP contribution < -0.4 is 10.2 Å². The predicted molar refractivity (Wildman–Crippen MR) is 88.7 cm³/mol. The van der Waals surface area contributed by atoms with E-state index in [0.717, 1.165) is 4.70 Å². The Morgan fingerprint density at radius 3 is 2.96 bits per heavy atom. The number of carbonyl (C=O) groups is 1. The predicted octanol–water partition coefficient (Wildman–Crippen LogP) is 0.651. The molecular weight excluding hydrogens is 338 g/mol. The van der Waals surface area contributed by atoms with Crippen LogP contribution in [0.5, 0.6) is 0 Å². The summed E-state index contributed by atoms with van der Waals surface area (Å²) in [7, 11) is -1.77. The number of anilines is 1. The number of nitrogens with one attached hydrogen (secondary N) is 1. The zero-order valence-electron chi connectivity index (χ0n) is 12.8. The first-order chi connectivity index (χ1) is 10.9. The fraction of sp³-hybridized carbons (Fsp3) is 0.429. The van der Waals surface area contributed by atoms with Crippen LogP contribution >= 0.6 is 11.3 Å². The Bertz CT molecular complexity index is 847. The molecule has 1 aliphatic heterocycles. The van der Waals surface area contributed by atoms with Gasteiger partial charge in [-0.2, -0.15) is 0 Å². The second-order valence-electron chi connectivity index (χ2n) is 5.29. The highest BCUT2D eigenvalue weighted by atomic mass is 32.2. The molecule has 1 aliphatic rings. The SMILES string of the molecule is CNC(=O)C1CN(c2nc3c(S(C)(=O)=O)cccc3s2)CCO1. The van der Waals surface area contributed by atoms with E-state index in [1.165, 1.54) is 17.6 Å². The number of hydrogen-bond donors (Lipinski definition) is 1. The summed E-state index contributed by atoms with van der Waals surface area (Å²) in [6.07, 6.45) is 0.632. The minimum Gasteiger partial charge on any atom is -0.365 e. The molecule has 2 heterocycles. The van der Waals surface area contributed by atoms with Gasteiger partial charge in [0.15, 0.2) is 21.1 Å². The number of thiazole rings is 1. The van der Waals surface area contributed by atoms with E-state index in [-0.39, 0.29) is 10.8 Å². The number of aromatic nitrogens is 1. The van der Waals surface area contributed by atoms with Gasteiger partial charge in [-0.3, -0.25) is 4.79 Å². The molecule has 1 amide bonds. The average molecular weight is 355 g/mol. The third kappa shape index (κ3) is 3.17. The average Bonchev–Trinajstić information content (AvgIpc) is 2.97. The number of carbonyl (C=O) groups excluding carboxylic acids is 1. The minimum absolute atomic E-state index is 0.173. The second kappa shape index (κ2) is 6.06. The summed E-state index contributed by atoms with van der Waals surface area (Å²) in [5, 5.41) is 3.28. The molecule has 23 heavy (non-hydrogen) atoms. The Labute approximate surface area is 138 Å². The van der Waals surface area contributed by atoms with Gasteiger partial charge in [-0.05, 0) is 12.1 Å². The molecule has 1 unspecified atom stereocenters. The van der Waals surface area contributed by atoms with Crippen LogP contribution in [0.1, 0.15) is 0 Å². The summed E-state index contributed by atoms with van der Waals surface area (Å²) in [6, 6.07) is 5.13. The normalized spacial score (nSPS) is 19.0. The van der Waals surface area contributed by atoms with Gasteiger partial charge < -0.3 is 15.0 Å². The lowest BCUT2D eigenvalue weighted by molar-refractivity contribution is -0.132. The third-order valence-corrected chi connectivity index (χ3v) is 5.86. The fourth-order valence-corrected chi connectivity index (χ4v) is 4.41. The molecule has 0 saturated carbocycles. The maximum atomic E-state index is 11.9. The van der Waals surface area contributed by atoms with Gasteiger partial charge in [-0.15, -0.1) is 0 Å². The second-order valence-corrected chi connectivity index (χ2v) is 8.28. The summed E-state index contributed by atoms with van der Waals surface area (Å²) < 4.78 is 30.1. The van der Waals surface area contributed by atoms with Gasteiger partial charge in [0.1, 0.15) is 5.52 Å². The minimum atomic E-state index is -3.34. The smallest absolute Gasteiger partial charge is 0.250 e. The molecular formula is C14H17N3O4S2. The zero-order valence-corrected chi connectivity index (χ0v) is 14.4. The lowest BCUT2D eigenvalue weighted by Crippen LogP contribution is -2.49. The van der Waals surface area contributed by atoms with Crippen LogP contribution in [0.2, 0.25) is 0 Å². The molecule has 1 N–H and O–H groups in total. The van der Waals surface area contributed by atoms with Crippen LogP contribution in [0.3, 0.4) is 0 Å². The van der Waals surface area contributed by atoms with Crippen LogP contribution in [-0.4, -0.2) is 58.4 Å². The zero-order chi connectivity index (χ0) is 16.6. The lowest BCUT2D eigenvalue weighted by atomic mass is 10.2. The molecule has 7 nitrogen and oxygen atoms in total. The molecule has 2 aromatic rings. The summed E-state index contributed by atoms with van der Waals surface area (Å²) in [5.41, 5.74) is 0.484. The number of fused-ring (bicyclic) bond motifs is 1. The maximum Gasteiger partial charge on any atom is 0.250 e. The Kier molecular flexibility index (Phi) is 4.26. The van der Waals surface area contributed by atoms with Crippen molar-refractivity contribution in [3.05, 3.63) is 18.2 Å². The number of amides is 1. The summed E-state index contributed by atoms with van der Waals surface area (Å²) in [4.78, 5) is 18.4. The van der Waals surface area contributed by atoms with Crippen LogP contribution in [0.15, 0.2) is 23.1 Å². The number of ether oxygens (including phenoxy) is 1. The molecule has 9 heteroatoms. The Morgan fingerprint density at radius 2 is 2.26 bits per heavy atom. The summed E-state index contributed by atoms with van der Waals surface area (Å²) >= 11 is 1.42. The highest BCUT2D eigenvalue weighted by molar-refractivity contribution is 7.91. The summed E-state index contributed by atoms with van der Waals surface area (Å²) in [5.74, 6) is -0.173. The number of rotatable bonds is 3. The van der Waals surface area contributed by atoms with E-state index in [1.54, 1.807) is 19.2 Å². The monoisotopic (exact) mass is 355 g/mol. The molecule has 1 aromatic heterocycles. The Morgan fingerprint density at radius 1 is 1.48 bits per heavy atom. The van der Waals surface area contributed by atoms with Crippen molar-refractivity contribution in [3.63, 3.8) is 0 Å². The van der Waals surface area contributed by atoms with Crippen molar-refractivity contribution in [2.75, 3.05) is 37.9 Å². The molecule has 0 spiro atoms. The van der Waals surface area contributed by atoms with Crippen LogP contribution in [0.4, 0.5) is 5.13 Å². The van der Waals surface area contributed by atoms with E-state index in [1.807, 2.05) is 11.0 Å². The number of benzene rings is 1. The first-order valence-electron chi connectivity index (χ1n) is 7.08. The van der Waals surface area contributed by atoms with Gasteiger partial charge in [0, 0.05) is 19.8 Å². The Hall–Kier alpha value is -1.71. The number of nitrogens with zero attached hydrogens (tertiary/aromatic N) is 2. The molecule has 0 bridgehead atoms. The van der Waals surface area contributed by atoms with Crippen molar-refractivity contribution in [2.24, 2.45) is 0 Å². The topological polar surface area (TPSA) is 88.6 Å². The molecule has 1 saturated heterocycles. The standard InChI is InChI=1S/C14H17N3O4S2/c1-15-13(18)9-8-17(6-7-21-9)14-16-12-10(22-14)4-3-5-11(12)23(2,19)20/h3-5,9H,6-8H2,1-2H3,(H,15,18). The first kappa shape index (κ1) is 16.2. The van der Waals surface area contributed by atoms with Crippen LogP contribution in [-0.2, 0) is 19.4 Å². The first-order valence-corrected chi connectivity index (χ1v) is 9.78. The lowest BCUT2D eigenvalue weighted by Gasteiger charge is -2.31. The van der Waals surface area contributed by atoms with Crippen molar-refractivity contribution < 1.29 is 17.9 Å². The molecule has 1 fully saturated rings. The third-order valence-electron chi connectivity index (χ3n) is 3.65. The molecule has 1 atom stereocenters. The van der Waals surface area contributed by atoms with Crippen molar-refractivity contribution in [1.82, 2.24) is 10.3 Å². The fourth-order valence-electron chi connectivity index (χ4n) is 2.49.